The number of aryl methyl sites for hydroxylation is 1. The van der Waals surface area contributed by atoms with Crippen molar-refractivity contribution in [3.8, 4) is 11.6 Å². The first-order valence-corrected chi connectivity index (χ1v) is 8.73. The molecule has 0 saturated carbocycles. The van der Waals surface area contributed by atoms with Crippen LogP contribution < -0.4 is 15.4 Å². The summed E-state index contributed by atoms with van der Waals surface area (Å²) in [6, 6.07) is 12.4. The van der Waals surface area contributed by atoms with Crippen LogP contribution in [0, 0.1) is 6.92 Å². The van der Waals surface area contributed by atoms with Gasteiger partial charge in [0.1, 0.15) is 11.6 Å². The van der Waals surface area contributed by atoms with Gasteiger partial charge < -0.3 is 15.4 Å². The highest BCUT2D eigenvalue weighted by Gasteiger charge is 2.04. The Morgan fingerprint density at radius 1 is 1.11 bits per heavy atom. The number of halogens is 1. The van der Waals surface area contributed by atoms with Gasteiger partial charge in [-0.2, -0.15) is 5.10 Å². The van der Waals surface area contributed by atoms with Crippen LogP contribution in [0.5, 0.6) is 5.75 Å². The second kappa shape index (κ2) is 9.00. The quantitative estimate of drug-likeness (QED) is 0.576. The Morgan fingerprint density at radius 2 is 1.93 bits per heavy atom. The Labute approximate surface area is 161 Å². The number of carbonyl (C=O) groups is 1. The third kappa shape index (κ3) is 5.68. The Bertz CT molecular complexity index is 880. The molecule has 0 aliphatic heterocycles. The topological polar surface area (TPSA) is 94.0 Å². The number of nitrogens with zero attached hydrogens (tertiary/aromatic N) is 4. The molecule has 0 fully saturated rings. The molecule has 3 rings (SSSR count). The summed E-state index contributed by atoms with van der Waals surface area (Å²) < 4.78 is 7.03. The lowest BCUT2D eigenvalue weighted by molar-refractivity contribution is -0.123. The maximum Gasteiger partial charge on any atom is 0.258 e. The van der Waals surface area contributed by atoms with Crippen molar-refractivity contribution in [1.82, 2.24) is 25.3 Å². The lowest BCUT2D eigenvalue weighted by Gasteiger charge is -2.09. The normalized spacial score (nSPS) is 10.4. The van der Waals surface area contributed by atoms with Gasteiger partial charge in [0.25, 0.3) is 5.91 Å². The number of anilines is 1. The molecule has 2 N–H and O–H groups in total. The fourth-order valence-electron chi connectivity index (χ4n) is 2.21. The summed E-state index contributed by atoms with van der Waals surface area (Å²) in [6.45, 7) is 2.81. The van der Waals surface area contributed by atoms with Crippen LogP contribution in [0.4, 0.5) is 5.82 Å². The van der Waals surface area contributed by atoms with Crippen molar-refractivity contribution in [3.63, 3.8) is 0 Å². The molecule has 1 aromatic carbocycles. The van der Waals surface area contributed by atoms with Gasteiger partial charge in [0, 0.05) is 24.3 Å². The van der Waals surface area contributed by atoms with Gasteiger partial charge in [-0.3, -0.25) is 4.79 Å². The average molecular weight is 387 g/mol. The predicted octanol–water partition coefficient (Wildman–Crippen LogP) is 2.23. The second-order valence-corrected chi connectivity index (χ2v) is 6.13. The Kier molecular flexibility index (Phi) is 6.22. The zero-order valence-corrected chi connectivity index (χ0v) is 15.5. The summed E-state index contributed by atoms with van der Waals surface area (Å²) in [5.41, 5.74) is 0.912. The highest BCUT2D eigenvalue weighted by atomic mass is 35.5. The molecule has 0 atom stereocenters. The van der Waals surface area contributed by atoms with Crippen molar-refractivity contribution < 1.29 is 9.53 Å². The molecule has 0 aliphatic carbocycles. The van der Waals surface area contributed by atoms with Crippen molar-refractivity contribution in [1.29, 1.82) is 0 Å². The first kappa shape index (κ1) is 18.7. The Balaban J connectivity index is 1.35. The van der Waals surface area contributed by atoms with E-state index in [-0.39, 0.29) is 12.5 Å². The lowest BCUT2D eigenvalue weighted by atomic mass is 10.3. The van der Waals surface area contributed by atoms with E-state index < -0.39 is 0 Å². The Hall–Kier alpha value is -3.13. The molecule has 0 aliphatic rings. The van der Waals surface area contributed by atoms with Crippen molar-refractivity contribution in [3.05, 3.63) is 59.4 Å². The molecule has 2 heterocycles. The smallest absolute Gasteiger partial charge is 0.258 e. The summed E-state index contributed by atoms with van der Waals surface area (Å²) >= 11 is 5.79. The molecule has 27 heavy (non-hydrogen) atoms. The van der Waals surface area contributed by atoms with E-state index >= 15 is 0 Å². The van der Waals surface area contributed by atoms with Crippen molar-refractivity contribution in [2.45, 2.75) is 6.92 Å². The fourth-order valence-corrected chi connectivity index (χ4v) is 2.33. The van der Waals surface area contributed by atoms with Crippen molar-refractivity contribution in [2.75, 3.05) is 25.0 Å². The molecular weight excluding hydrogens is 368 g/mol. The highest BCUT2D eigenvalue weighted by Crippen LogP contribution is 2.15. The zero-order valence-electron chi connectivity index (χ0n) is 14.7. The van der Waals surface area contributed by atoms with Gasteiger partial charge in [-0.15, -0.1) is 10.2 Å². The fraction of sp³-hybridized carbons (Fsp3) is 0.222. The first-order chi connectivity index (χ1) is 13.1. The number of hydrogen-bond acceptors (Lipinski definition) is 6. The van der Waals surface area contributed by atoms with Gasteiger partial charge in [-0.1, -0.05) is 11.6 Å². The molecule has 140 valence electrons. The van der Waals surface area contributed by atoms with E-state index in [1.165, 1.54) is 0 Å². The third-order valence-electron chi connectivity index (χ3n) is 3.54. The maximum absolute atomic E-state index is 11.8. The average Bonchev–Trinajstić information content (AvgIpc) is 3.12. The number of ether oxygens (including phenoxy) is 1. The number of amides is 1. The minimum atomic E-state index is -0.206. The highest BCUT2D eigenvalue weighted by molar-refractivity contribution is 6.30. The number of carbonyl (C=O) groups excluding carboxylic acids is 1. The summed E-state index contributed by atoms with van der Waals surface area (Å²) in [5, 5.41) is 19.0. The lowest BCUT2D eigenvalue weighted by Crippen LogP contribution is -2.32. The molecule has 0 spiro atoms. The number of hydrogen-bond donors (Lipinski definition) is 2. The van der Waals surface area contributed by atoms with Crippen LogP contribution in [0.15, 0.2) is 48.7 Å². The molecule has 0 radical (unpaired) electrons. The van der Waals surface area contributed by atoms with Crippen LogP contribution in [0.3, 0.4) is 0 Å². The van der Waals surface area contributed by atoms with E-state index in [0.29, 0.717) is 35.5 Å². The number of rotatable bonds is 8. The van der Waals surface area contributed by atoms with Crippen LogP contribution >= 0.6 is 11.6 Å². The molecule has 2 aromatic heterocycles. The first-order valence-electron chi connectivity index (χ1n) is 8.35. The SMILES string of the molecule is Cc1ccn(-c2ccc(NCCNC(=O)COc3ccc(Cl)cc3)nn2)n1. The van der Waals surface area contributed by atoms with E-state index in [0.717, 1.165) is 5.69 Å². The van der Waals surface area contributed by atoms with E-state index in [1.807, 2.05) is 31.3 Å². The molecular formula is C18H19ClN6O2. The summed E-state index contributed by atoms with van der Waals surface area (Å²) in [7, 11) is 0. The maximum atomic E-state index is 11.8. The molecule has 0 unspecified atom stereocenters. The minimum absolute atomic E-state index is 0.0561. The van der Waals surface area contributed by atoms with E-state index in [9.17, 15) is 4.79 Å². The molecule has 0 bridgehead atoms. The van der Waals surface area contributed by atoms with Crippen LogP contribution in [0.2, 0.25) is 5.02 Å². The number of aromatic nitrogens is 4. The van der Waals surface area contributed by atoms with E-state index in [4.69, 9.17) is 16.3 Å². The number of benzene rings is 1. The van der Waals surface area contributed by atoms with Crippen LogP contribution in [-0.4, -0.2) is 45.6 Å². The summed E-state index contributed by atoms with van der Waals surface area (Å²) in [4.78, 5) is 11.8. The van der Waals surface area contributed by atoms with Gasteiger partial charge in [0.15, 0.2) is 12.4 Å². The minimum Gasteiger partial charge on any atom is -0.484 e. The molecule has 0 saturated heterocycles. The van der Waals surface area contributed by atoms with Gasteiger partial charge in [-0.05, 0) is 49.4 Å². The van der Waals surface area contributed by atoms with Crippen LogP contribution in [0.1, 0.15) is 5.69 Å². The Morgan fingerprint density at radius 3 is 2.59 bits per heavy atom. The van der Waals surface area contributed by atoms with E-state index in [1.54, 1.807) is 28.9 Å². The second-order valence-electron chi connectivity index (χ2n) is 5.70. The van der Waals surface area contributed by atoms with Crippen molar-refractivity contribution >= 4 is 23.3 Å². The monoisotopic (exact) mass is 386 g/mol. The van der Waals surface area contributed by atoms with Crippen molar-refractivity contribution in [2.24, 2.45) is 0 Å². The van der Waals surface area contributed by atoms with Crippen LogP contribution in [0.25, 0.3) is 5.82 Å². The molecule has 3 aromatic rings. The summed E-state index contributed by atoms with van der Waals surface area (Å²) in [5.74, 6) is 1.65. The molecule has 8 nitrogen and oxygen atoms in total. The zero-order chi connectivity index (χ0) is 19.1. The standard InChI is InChI=1S/C18H19ClN6O2/c1-13-8-11-25(24-13)17-7-6-16(22-23-17)20-9-10-21-18(26)12-27-15-4-2-14(19)3-5-15/h2-8,11H,9-10,12H2,1H3,(H,20,22)(H,21,26). The largest absolute Gasteiger partial charge is 0.484 e. The summed E-state index contributed by atoms with van der Waals surface area (Å²) in [6.07, 6.45) is 1.83. The van der Waals surface area contributed by atoms with E-state index in [2.05, 4.69) is 25.9 Å². The third-order valence-corrected chi connectivity index (χ3v) is 3.80. The van der Waals surface area contributed by atoms with Gasteiger partial charge in [-0.25, -0.2) is 4.68 Å². The molecule has 1 amide bonds. The molecule has 9 heteroatoms. The predicted molar refractivity (Wildman–Crippen MR) is 102 cm³/mol. The van der Waals surface area contributed by atoms with Gasteiger partial charge in [0.05, 0.1) is 5.69 Å². The van der Waals surface area contributed by atoms with Crippen LogP contribution in [-0.2, 0) is 4.79 Å². The van der Waals surface area contributed by atoms with Gasteiger partial charge in [0.2, 0.25) is 0 Å². The van der Waals surface area contributed by atoms with Gasteiger partial charge >= 0.3 is 0 Å². The number of nitrogens with one attached hydrogen (secondary N) is 2.